The SMILES string of the molecule is CCc1ccccc1OCC(=O)N(C)CC(=O)Nc1cc(C)on1. The molecular weight excluding hydrogens is 310 g/mol. The Kier molecular flexibility index (Phi) is 5.95. The molecule has 2 rings (SSSR count). The van der Waals surface area contributed by atoms with E-state index in [1.807, 2.05) is 31.2 Å². The second-order valence-electron chi connectivity index (χ2n) is 5.37. The van der Waals surface area contributed by atoms with Crippen molar-refractivity contribution in [2.24, 2.45) is 0 Å². The van der Waals surface area contributed by atoms with Gasteiger partial charge in [0.25, 0.3) is 5.91 Å². The molecule has 7 heteroatoms. The fraction of sp³-hybridized carbons (Fsp3) is 0.353. The van der Waals surface area contributed by atoms with E-state index < -0.39 is 0 Å². The number of anilines is 1. The minimum absolute atomic E-state index is 0.0937. The molecule has 1 aromatic heterocycles. The van der Waals surface area contributed by atoms with Crippen LogP contribution in [0.15, 0.2) is 34.9 Å². The van der Waals surface area contributed by atoms with Crippen molar-refractivity contribution in [3.63, 3.8) is 0 Å². The van der Waals surface area contributed by atoms with Crippen LogP contribution in [0.25, 0.3) is 0 Å². The van der Waals surface area contributed by atoms with E-state index in [1.165, 1.54) is 4.90 Å². The van der Waals surface area contributed by atoms with Gasteiger partial charge in [-0.15, -0.1) is 0 Å². The summed E-state index contributed by atoms with van der Waals surface area (Å²) in [5, 5.41) is 6.23. The van der Waals surface area contributed by atoms with E-state index in [-0.39, 0.29) is 25.0 Å². The molecule has 0 spiro atoms. The summed E-state index contributed by atoms with van der Waals surface area (Å²) < 4.78 is 10.4. The third-order valence-electron chi connectivity index (χ3n) is 3.41. The van der Waals surface area contributed by atoms with E-state index >= 15 is 0 Å². The number of benzene rings is 1. The van der Waals surface area contributed by atoms with Gasteiger partial charge in [0.1, 0.15) is 11.5 Å². The molecular formula is C17H21N3O4. The highest BCUT2D eigenvalue weighted by molar-refractivity contribution is 5.93. The average Bonchev–Trinajstić information content (AvgIpc) is 2.97. The van der Waals surface area contributed by atoms with E-state index in [2.05, 4.69) is 10.5 Å². The van der Waals surface area contributed by atoms with Crippen molar-refractivity contribution in [2.45, 2.75) is 20.3 Å². The van der Waals surface area contributed by atoms with Crippen LogP contribution in [0.2, 0.25) is 0 Å². The van der Waals surface area contributed by atoms with E-state index in [1.54, 1.807) is 20.0 Å². The maximum absolute atomic E-state index is 12.1. The van der Waals surface area contributed by atoms with E-state index in [0.717, 1.165) is 12.0 Å². The van der Waals surface area contributed by atoms with Gasteiger partial charge in [0.15, 0.2) is 12.4 Å². The first kappa shape index (κ1) is 17.5. The molecule has 0 unspecified atom stereocenters. The lowest BCUT2D eigenvalue weighted by Gasteiger charge is -2.17. The summed E-state index contributed by atoms with van der Waals surface area (Å²) >= 11 is 0. The summed E-state index contributed by atoms with van der Waals surface area (Å²) in [6, 6.07) is 9.17. The summed E-state index contributed by atoms with van der Waals surface area (Å²) in [6.07, 6.45) is 0.819. The second kappa shape index (κ2) is 8.14. The molecule has 0 aliphatic rings. The van der Waals surface area contributed by atoms with Gasteiger partial charge in [0, 0.05) is 13.1 Å². The molecule has 2 amide bonds. The lowest BCUT2D eigenvalue weighted by Crippen LogP contribution is -2.37. The molecule has 0 saturated carbocycles. The minimum atomic E-state index is -0.354. The van der Waals surface area contributed by atoms with Crippen LogP contribution in [0.5, 0.6) is 5.75 Å². The van der Waals surface area contributed by atoms with Crippen LogP contribution in [0.3, 0.4) is 0 Å². The normalized spacial score (nSPS) is 10.3. The number of carbonyl (C=O) groups excluding carboxylic acids is 2. The number of aryl methyl sites for hydroxylation is 2. The molecule has 7 nitrogen and oxygen atoms in total. The predicted octanol–water partition coefficient (Wildman–Crippen LogP) is 2.02. The van der Waals surface area contributed by atoms with Crippen molar-refractivity contribution in [1.29, 1.82) is 0 Å². The van der Waals surface area contributed by atoms with Crippen LogP contribution in [0.1, 0.15) is 18.2 Å². The monoisotopic (exact) mass is 331 g/mol. The van der Waals surface area contributed by atoms with Crippen LogP contribution in [-0.2, 0) is 16.0 Å². The summed E-state index contributed by atoms with van der Waals surface area (Å²) in [7, 11) is 1.55. The number of para-hydroxylation sites is 1. The van der Waals surface area contributed by atoms with Crippen LogP contribution >= 0.6 is 0 Å². The third-order valence-corrected chi connectivity index (χ3v) is 3.41. The van der Waals surface area contributed by atoms with Crippen molar-refractivity contribution in [2.75, 3.05) is 25.5 Å². The highest BCUT2D eigenvalue weighted by atomic mass is 16.5. The highest BCUT2D eigenvalue weighted by Gasteiger charge is 2.15. The largest absolute Gasteiger partial charge is 0.483 e. The Balaban J connectivity index is 1.82. The zero-order valence-electron chi connectivity index (χ0n) is 14.0. The first-order valence-corrected chi connectivity index (χ1v) is 7.67. The smallest absolute Gasteiger partial charge is 0.260 e. The number of aromatic nitrogens is 1. The Morgan fingerprint density at radius 1 is 1.33 bits per heavy atom. The molecule has 0 saturated heterocycles. The van der Waals surface area contributed by atoms with E-state index in [4.69, 9.17) is 9.26 Å². The Morgan fingerprint density at radius 3 is 2.75 bits per heavy atom. The van der Waals surface area contributed by atoms with Gasteiger partial charge < -0.3 is 19.5 Å². The van der Waals surface area contributed by atoms with Gasteiger partial charge in [-0.3, -0.25) is 9.59 Å². The third kappa shape index (κ3) is 4.84. The second-order valence-corrected chi connectivity index (χ2v) is 5.37. The molecule has 2 aromatic rings. The van der Waals surface area contributed by atoms with Crippen LogP contribution < -0.4 is 10.1 Å². The molecule has 0 bridgehead atoms. The highest BCUT2D eigenvalue weighted by Crippen LogP contribution is 2.18. The molecule has 24 heavy (non-hydrogen) atoms. The molecule has 0 radical (unpaired) electrons. The standard InChI is InChI=1S/C17H21N3O4/c1-4-13-7-5-6-8-14(13)23-11-17(22)20(3)10-16(21)18-15-9-12(2)24-19-15/h5-9H,4,10-11H2,1-3H3,(H,18,19,21). The number of amides is 2. The topological polar surface area (TPSA) is 84.7 Å². The van der Waals surface area contributed by atoms with Crippen molar-refractivity contribution in [3.05, 3.63) is 41.7 Å². The Hall–Kier alpha value is -2.83. The number of hydrogen-bond donors (Lipinski definition) is 1. The van der Waals surface area contributed by atoms with Crippen molar-refractivity contribution in [1.82, 2.24) is 10.1 Å². The number of rotatable bonds is 7. The van der Waals surface area contributed by atoms with Gasteiger partial charge in [-0.25, -0.2) is 0 Å². The fourth-order valence-electron chi connectivity index (χ4n) is 2.10. The van der Waals surface area contributed by atoms with Gasteiger partial charge in [0.05, 0.1) is 6.54 Å². The van der Waals surface area contributed by atoms with Crippen molar-refractivity contribution in [3.8, 4) is 5.75 Å². The zero-order valence-corrected chi connectivity index (χ0v) is 14.0. The molecule has 0 fully saturated rings. The molecule has 0 atom stereocenters. The number of likely N-dealkylation sites (N-methyl/N-ethyl adjacent to an activating group) is 1. The lowest BCUT2D eigenvalue weighted by molar-refractivity contribution is -0.135. The summed E-state index contributed by atoms with van der Waals surface area (Å²) in [6.45, 7) is 3.53. The molecule has 0 aliphatic carbocycles. The molecule has 1 N–H and O–H groups in total. The van der Waals surface area contributed by atoms with Gasteiger partial charge in [-0.2, -0.15) is 0 Å². The number of ether oxygens (including phenoxy) is 1. The van der Waals surface area contributed by atoms with Crippen LogP contribution in [0, 0.1) is 6.92 Å². The van der Waals surface area contributed by atoms with Gasteiger partial charge in [-0.05, 0) is 25.0 Å². The molecule has 128 valence electrons. The Morgan fingerprint density at radius 2 is 2.08 bits per heavy atom. The zero-order chi connectivity index (χ0) is 17.5. The number of nitrogens with zero attached hydrogens (tertiary/aromatic N) is 2. The Labute approximate surface area is 140 Å². The maximum Gasteiger partial charge on any atom is 0.260 e. The predicted molar refractivity (Wildman–Crippen MR) is 88.8 cm³/mol. The number of hydrogen-bond acceptors (Lipinski definition) is 5. The summed E-state index contributed by atoms with van der Waals surface area (Å²) in [4.78, 5) is 25.3. The number of nitrogens with one attached hydrogen (secondary N) is 1. The van der Waals surface area contributed by atoms with E-state index in [9.17, 15) is 9.59 Å². The molecule has 1 heterocycles. The Bertz CT molecular complexity index is 711. The van der Waals surface area contributed by atoms with E-state index in [0.29, 0.717) is 17.3 Å². The lowest BCUT2D eigenvalue weighted by atomic mass is 10.1. The molecule has 1 aromatic carbocycles. The summed E-state index contributed by atoms with van der Waals surface area (Å²) in [5.74, 6) is 0.967. The number of carbonyl (C=O) groups is 2. The first-order valence-electron chi connectivity index (χ1n) is 7.67. The van der Waals surface area contributed by atoms with Crippen LogP contribution in [-0.4, -0.2) is 42.1 Å². The van der Waals surface area contributed by atoms with Crippen molar-refractivity contribution < 1.29 is 18.8 Å². The summed E-state index contributed by atoms with van der Waals surface area (Å²) in [5.41, 5.74) is 1.03. The average molecular weight is 331 g/mol. The van der Waals surface area contributed by atoms with Crippen LogP contribution in [0.4, 0.5) is 5.82 Å². The quantitative estimate of drug-likeness (QED) is 0.839. The maximum atomic E-state index is 12.1. The first-order chi connectivity index (χ1) is 11.5. The van der Waals surface area contributed by atoms with Gasteiger partial charge >= 0.3 is 0 Å². The van der Waals surface area contributed by atoms with Crippen molar-refractivity contribution >= 4 is 17.6 Å². The van der Waals surface area contributed by atoms with Gasteiger partial charge in [0.2, 0.25) is 5.91 Å². The van der Waals surface area contributed by atoms with Gasteiger partial charge in [-0.1, -0.05) is 30.3 Å². The molecule has 0 aliphatic heterocycles. The minimum Gasteiger partial charge on any atom is -0.483 e. The fourth-order valence-corrected chi connectivity index (χ4v) is 2.10.